The largest absolute Gasteiger partial charge is 0.381 e. The van der Waals surface area contributed by atoms with Gasteiger partial charge < -0.3 is 20.1 Å². The van der Waals surface area contributed by atoms with Crippen molar-refractivity contribution >= 4 is 23.2 Å². The van der Waals surface area contributed by atoms with Crippen molar-refractivity contribution in [3.05, 3.63) is 51.9 Å². The van der Waals surface area contributed by atoms with E-state index in [4.69, 9.17) is 21.1 Å². The number of anilines is 1. The summed E-state index contributed by atoms with van der Waals surface area (Å²) in [6, 6.07) is 5.17. The normalized spacial score (nSPS) is 24.5. The Morgan fingerprint density at radius 3 is 2.88 bits per heavy atom. The van der Waals surface area contributed by atoms with E-state index in [1.54, 1.807) is 12.1 Å². The smallest absolute Gasteiger partial charge is 0.290 e. The van der Waals surface area contributed by atoms with E-state index in [-0.39, 0.29) is 29.4 Å². The minimum atomic E-state index is -3.07. The summed E-state index contributed by atoms with van der Waals surface area (Å²) < 4.78 is 41.5. The first-order valence-electron chi connectivity index (χ1n) is 15.0. The molecule has 2 N–H and O–H groups in total. The van der Waals surface area contributed by atoms with Gasteiger partial charge >= 0.3 is 0 Å². The molecular formula is C31H41ClF2N4O3. The summed E-state index contributed by atoms with van der Waals surface area (Å²) in [5.41, 5.74) is 2.61. The van der Waals surface area contributed by atoms with Crippen LogP contribution in [-0.4, -0.2) is 54.8 Å². The van der Waals surface area contributed by atoms with Gasteiger partial charge in [-0.25, -0.2) is 9.97 Å². The third-order valence-electron chi connectivity index (χ3n) is 8.79. The quantitative estimate of drug-likeness (QED) is 0.344. The van der Waals surface area contributed by atoms with Crippen LogP contribution in [0.15, 0.2) is 24.3 Å². The van der Waals surface area contributed by atoms with Crippen LogP contribution in [-0.2, 0) is 33.0 Å². The second-order valence-electron chi connectivity index (χ2n) is 11.7. The number of alkyl halides is 2. The van der Waals surface area contributed by atoms with Crippen molar-refractivity contribution in [1.82, 2.24) is 15.3 Å². The number of hydrogen-bond acceptors (Lipinski definition) is 7. The topological polar surface area (TPSA) is 85.4 Å². The average molecular weight is 591 g/mol. The van der Waals surface area contributed by atoms with Gasteiger partial charge in [0.15, 0.2) is 0 Å². The van der Waals surface area contributed by atoms with E-state index in [0.29, 0.717) is 43.7 Å². The lowest BCUT2D eigenvalue weighted by Gasteiger charge is -2.31. The third kappa shape index (κ3) is 7.61. The first-order chi connectivity index (χ1) is 19.8. The Balaban J connectivity index is 1.25. The zero-order chi connectivity index (χ0) is 28.8. The molecule has 10 heteroatoms. The number of rotatable bonds is 9. The first kappa shape index (κ1) is 30.3. The summed E-state index contributed by atoms with van der Waals surface area (Å²) in [5.74, 6) is -1.62. The molecule has 4 atom stereocenters. The molecule has 224 valence electrons. The summed E-state index contributed by atoms with van der Waals surface area (Å²) in [7, 11) is 0. The van der Waals surface area contributed by atoms with Crippen molar-refractivity contribution in [3.8, 4) is 0 Å². The highest BCUT2D eigenvalue weighted by Crippen LogP contribution is 2.36. The van der Waals surface area contributed by atoms with Gasteiger partial charge in [-0.1, -0.05) is 24.6 Å². The predicted octanol–water partition coefficient (Wildman–Crippen LogP) is 6.04. The number of ketones is 1. The molecular weight excluding hydrogens is 550 g/mol. The number of Topliss-reactive ketones (excluding diaryl/α,β-unsaturated/α-hetero) is 1. The van der Waals surface area contributed by atoms with Gasteiger partial charge in [0.1, 0.15) is 11.6 Å². The van der Waals surface area contributed by atoms with Crippen molar-refractivity contribution in [1.29, 1.82) is 0 Å². The fraction of sp³-hybridized carbons (Fsp3) is 0.645. The van der Waals surface area contributed by atoms with Gasteiger partial charge in [-0.3, -0.25) is 4.79 Å². The molecule has 0 saturated carbocycles. The fourth-order valence-electron chi connectivity index (χ4n) is 6.26. The minimum Gasteiger partial charge on any atom is -0.381 e. The average Bonchev–Trinajstić information content (AvgIpc) is 2.96. The third-order valence-corrected chi connectivity index (χ3v) is 8.96. The van der Waals surface area contributed by atoms with Gasteiger partial charge in [-0.2, -0.15) is 8.78 Å². The maximum absolute atomic E-state index is 15.3. The number of nitrogens with one attached hydrogen (secondary N) is 2. The molecule has 0 spiro atoms. The molecule has 0 radical (unpaired) electrons. The molecule has 2 aliphatic heterocycles. The van der Waals surface area contributed by atoms with Crippen molar-refractivity contribution in [3.63, 3.8) is 0 Å². The molecule has 0 bridgehead atoms. The molecule has 3 unspecified atom stereocenters. The number of benzene rings is 1. The van der Waals surface area contributed by atoms with Crippen molar-refractivity contribution in [2.75, 3.05) is 38.3 Å². The number of carbonyl (C=O) groups excluding carboxylic acids is 1. The van der Waals surface area contributed by atoms with Crippen LogP contribution >= 0.6 is 11.6 Å². The second-order valence-corrected chi connectivity index (χ2v) is 12.0. The molecule has 1 aromatic heterocycles. The van der Waals surface area contributed by atoms with Crippen LogP contribution in [0.5, 0.6) is 0 Å². The first-order valence-corrected chi connectivity index (χ1v) is 15.4. The Morgan fingerprint density at radius 1 is 1.17 bits per heavy atom. The van der Waals surface area contributed by atoms with E-state index in [2.05, 4.69) is 20.6 Å². The minimum absolute atomic E-state index is 0.0293. The molecule has 5 rings (SSSR count). The Morgan fingerprint density at radius 2 is 2.05 bits per heavy atom. The summed E-state index contributed by atoms with van der Waals surface area (Å²) in [6.07, 6.45) is 7.76. The lowest BCUT2D eigenvalue weighted by Crippen LogP contribution is -2.51. The van der Waals surface area contributed by atoms with Gasteiger partial charge in [0, 0.05) is 49.3 Å². The molecule has 1 aliphatic carbocycles. The van der Waals surface area contributed by atoms with Crippen LogP contribution in [0.2, 0.25) is 5.28 Å². The standard InChI is InChI=1S/C31H41ClF2N4O3/c1-20(23-6-4-7-24(18-23)31(33,34)28-19-41-16-13-35-28)36-29-25-17-21(8-10-26(25)37-30(32)38-29)9-11-27(39)22-5-2-3-14-40-15-12-22/h4,6-7,18,20-22,28,35H,2-3,5,8-17,19H2,1H3,(H,36,37,38)/t20-,21?,22?,28?/m1/s1. The maximum atomic E-state index is 15.3. The number of carbonyl (C=O) groups is 1. The van der Waals surface area contributed by atoms with Crippen LogP contribution in [0, 0.1) is 11.8 Å². The number of halogens is 3. The summed E-state index contributed by atoms with van der Waals surface area (Å²) in [6.45, 7) is 4.21. The number of morpholine rings is 1. The van der Waals surface area contributed by atoms with Gasteiger partial charge in [0.25, 0.3) is 5.92 Å². The van der Waals surface area contributed by atoms with E-state index in [9.17, 15) is 4.79 Å². The molecule has 2 saturated heterocycles. The Kier molecular flexibility index (Phi) is 10.2. The van der Waals surface area contributed by atoms with E-state index < -0.39 is 12.0 Å². The highest BCUT2D eigenvalue weighted by atomic mass is 35.5. The van der Waals surface area contributed by atoms with Crippen molar-refractivity contribution < 1.29 is 23.0 Å². The van der Waals surface area contributed by atoms with Crippen molar-refractivity contribution in [2.45, 2.75) is 82.7 Å². The molecule has 2 fully saturated rings. The molecule has 3 heterocycles. The molecule has 0 amide bonds. The number of nitrogens with zero attached hydrogens (tertiary/aromatic N) is 2. The zero-order valence-corrected chi connectivity index (χ0v) is 24.5. The van der Waals surface area contributed by atoms with E-state index >= 15 is 8.78 Å². The molecule has 7 nitrogen and oxygen atoms in total. The van der Waals surface area contributed by atoms with E-state index in [1.807, 2.05) is 13.0 Å². The Hall–Kier alpha value is -2.20. The highest BCUT2D eigenvalue weighted by molar-refractivity contribution is 6.28. The van der Waals surface area contributed by atoms with E-state index in [1.165, 1.54) is 6.07 Å². The molecule has 2 aromatic rings. The molecule has 3 aliphatic rings. The van der Waals surface area contributed by atoms with Crippen LogP contribution in [0.4, 0.5) is 14.6 Å². The van der Waals surface area contributed by atoms with Crippen molar-refractivity contribution in [2.24, 2.45) is 11.8 Å². The predicted molar refractivity (Wildman–Crippen MR) is 155 cm³/mol. The highest BCUT2D eigenvalue weighted by Gasteiger charge is 2.42. The van der Waals surface area contributed by atoms with Gasteiger partial charge in [0.2, 0.25) is 5.28 Å². The van der Waals surface area contributed by atoms with Crippen LogP contribution < -0.4 is 10.6 Å². The molecule has 41 heavy (non-hydrogen) atoms. The monoisotopic (exact) mass is 590 g/mol. The fourth-order valence-corrected chi connectivity index (χ4v) is 6.45. The van der Waals surface area contributed by atoms with Crippen LogP contribution in [0.25, 0.3) is 0 Å². The van der Waals surface area contributed by atoms with Crippen LogP contribution in [0.3, 0.4) is 0 Å². The number of hydrogen-bond donors (Lipinski definition) is 2. The Bertz CT molecular complexity index is 1190. The SMILES string of the molecule is C[C@@H](Nc1nc(Cl)nc2c1CC(CCC(=O)C1CCCCOCC1)CC2)c1cccc(C(F)(F)C2COCCN2)c1. The van der Waals surface area contributed by atoms with Gasteiger partial charge in [-0.15, -0.1) is 0 Å². The summed E-state index contributed by atoms with van der Waals surface area (Å²) in [4.78, 5) is 22.0. The Labute approximate surface area is 246 Å². The van der Waals surface area contributed by atoms with Gasteiger partial charge in [0.05, 0.1) is 24.9 Å². The number of fused-ring (bicyclic) bond motifs is 1. The van der Waals surface area contributed by atoms with E-state index in [0.717, 1.165) is 74.8 Å². The summed E-state index contributed by atoms with van der Waals surface area (Å²) in [5, 5.41) is 6.49. The lowest BCUT2D eigenvalue weighted by atomic mass is 9.82. The number of aryl methyl sites for hydroxylation is 1. The number of ether oxygens (including phenoxy) is 2. The molecule has 1 aromatic carbocycles. The van der Waals surface area contributed by atoms with Crippen LogP contribution in [0.1, 0.15) is 80.3 Å². The number of aromatic nitrogens is 2. The lowest BCUT2D eigenvalue weighted by molar-refractivity contribution is -0.124. The van der Waals surface area contributed by atoms with Gasteiger partial charge in [-0.05, 0) is 81.0 Å². The second kappa shape index (κ2) is 13.8. The summed E-state index contributed by atoms with van der Waals surface area (Å²) >= 11 is 6.30. The zero-order valence-electron chi connectivity index (χ0n) is 23.8. The maximum Gasteiger partial charge on any atom is 0.290 e.